The molecule has 102 valence electrons. The van der Waals surface area contributed by atoms with Gasteiger partial charge in [-0.3, -0.25) is 0 Å². The summed E-state index contributed by atoms with van der Waals surface area (Å²) in [6, 6.07) is 5.04. The molecule has 0 amide bonds. The summed E-state index contributed by atoms with van der Waals surface area (Å²) in [5.74, 6) is 1.06. The van der Waals surface area contributed by atoms with E-state index in [2.05, 4.69) is 0 Å². The van der Waals surface area contributed by atoms with E-state index in [0.29, 0.717) is 21.5 Å². The number of hydrogen-bond acceptors (Lipinski definition) is 4. The van der Waals surface area contributed by atoms with Crippen molar-refractivity contribution in [2.75, 3.05) is 14.2 Å². The van der Waals surface area contributed by atoms with Crippen LogP contribution in [0.4, 0.5) is 0 Å². The highest BCUT2D eigenvalue weighted by Crippen LogP contribution is 2.42. The van der Waals surface area contributed by atoms with E-state index in [4.69, 9.17) is 38.4 Å². The van der Waals surface area contributed by atoms with E-state index >= 15 is 0 Å². The van der Waals surface area contributed by atoms with E-state index in [9.17, 15) is 0 Å². The molecule has 19 heavy (non-hydrogen) atoms. The van der Waals surface area contributed by atoms with Crippen LogP contribution in [0.15, 0.2) is 23.6 Å². The average molecular weight is 318 g/mol. The first-order valence-corrected chi connectivity index (χ1v) is 7.12. The number of benzene rings is 1. The minimum absolute atomic E-state index is 0.383. The molecule has 1 aromatic carbocycles. The van der Waals surface area contributed by atoms with Crippen LogP contribution in [-0.2, 0) is 0 Å². The van der Waals surface area contributed by atoms with Gasteiger partial charge in [0.15, 0.2) is 0 Å². The van der Waals surface area contributed by atoms with E-state index in [-0.39, 0.29) is 6.04 Å². The standard InChI is InChI=1S/C13H13Cl2NO2S/c1-17-9-4-3-7(12(18-2)10(9)15)11(16)13-8(14)5-6-19-13/h3-6,11H,16H2,1-2H3. The fourth-order valence-electron chi connectivity index (χ4n) is 1.83. The maximum atomic E-state index is 6.24. The van der Waals surface area contributed by atoms with Gasteiger partial charge in [0, 0.05) is 10.4 Å². The Labute approximate surface area is 125 Å². The monoisotopic (exact) mass is 317 g/mol. The Morgan fingerprint density at radius 3 is 2.42 bits per heavy atom. The molecule has 2 aromatic rings. The summed E-state index contributed by atoms with van der Waals surface area (Å²) in [6.07, 6.45) is 0. The highest BCUT2D eigenvalue weighted by molar-refractivity contribution is 7.10. The van der Waals surface area contributed by atoms with E-state index in [0.717, 1.165) is 10.4 Å². The van der Waals surface area contributed by atoms with Crippen LogP contribution in [0.5, 0.6) is 11.5 Å². The summed E-state index contributed by atoms with van der Waals surface area (Å²) in [5.41, 5.74) is 7.02. The topological polar surface area (TPSA) is 44.5 Å². The van der Waals surface area contributed by atoms with E-state index in [1.807, 2.05) is 17.5 Å². The zero-order valence-electron chi connectivity index (χ0n) is 10.4. The van der Waals surface area contributed by atoms with Gasteiger partial charge < -0.3 is 15.2 Å². The smallest absolute Gasteiger partial charge is 0.146 e. The molecule has 0 saturated heterocycles. The average Bonchev–Trinajstić information content (AvgIpc) is 2.83. The summed E-state index contributed by atoms with van der Waals surface area (Å²) >= 11 is 13.8. The van der Waals surface area contributed by atoms with Gasteiger partial charge in [-0.25, -0.2) is 0 Å². The first-order valence-electron chi connectivity index (χ1n) is 5.49. The lowest BCUT2D eigenvalue weighted by atomic mass is 10.0. The maximum Gasteiger partial charge on any atom is 0.146 e. The van der Waals surface area contributed by atoms with Crippen molar-refractivity contribution >= 4 is 34.5 Å². The van der Waals surface area contributed by atoms with Crippen LogP contribution < -0.4 is 15.2 Å². The van der Waals surface area contributed by atoms with E-state index in [1.54, 1.807) is 20.3 Å². The second-order valence-electron chi connectivity index (χ2n) is 3.81. The van der Waals surface area contributed by atoms with Gasteiger partial charge in [-0.1, -0.05) is 23.2 Å². The minimum Gasteiger partial charge on any atom is -0.495 e. The number of halogens is 2. The summed E-state index contributed by atoms with van der Waals surface area (Å²) in [6.45, 7) is 0. The first kappa shape index (κ1) is 14.5. The van der Waals surface area contributed by atoms with Crippen LogP contribution in [0.3, 0.4) is 0 Å². The fraction of sp³-hybridized carbons (Fsp3) is 0.231. The van der Waals surface area contributed by atoms with Gasteiger partial charge in [-0.05, 0) is 23.6 Å². The predicted octanol–water partition coefficient (Wildman–Crippen LogP) is 4.12. The molecule has 1 atom stereocenters. The molecule has 0 aliphatic rings. The van der Waals surface area contributed by atoms with Crippen molar-refractivity contribution < 1.29 is 9.47 Å². The molecule has 2 rings (SSSR count). The van der Waals surface area contributed by atoms with Crippen molar-refractivity contribution in [2.24, 2.45) is 5.73 Å². The minimum atomic E-state index is -0.383. The third kappa shape index (κ3) is 2.67. The lowest BCUT2D eigenvalue weighted by molar-refractivity contribution is 0.390. The molecule has 0 spiro atoms. The summed E-state index contributed by atoms with van der Waals surface area (Å²) in [4.78, 5) is 0.876. The van der Waals surface area contributed by atoms with Crippen LogP contribution in [0.1, 0.15) is 16.5 Å². The Bertz CT molecular complexity index is 586. The van der Waals surface area contributed by atoms with Gasteiger partial charge in [0.05, 0.1) is 25.3 Å². The zero-order valence-corrected chi connectivity index (χ0v) is 12.8. The summed E-state index contributed by atoms with van der Waals surface area (Å²) in [7, 11) is 3.10. The van der Waals surface area contributed by atoms with Crippen molar-refractivity contribution in [1.29, 1.82) is 0 Å². The zero-order chi connectivity index (χ0) is 14.0. The molecule has 1 unspecified atom stereocenters. The van der Waals surface area contributed by atoms with Crippen molar-refractivity contribution in [2.45, 2.75) is 6.04 Å². The second-order valence-corrected chi connectivity index (χ2v) is 5.55. The lowest BCUT2D eigenvalue weighted by Gasteiger charge is -2.17. The molecule has 3 nitrogen and oxygen atoms in total. The highest BCUT2D eigenvalue weighted by atomic mass is 35.5. The second kappa shape index (κ2) is 6.01. The maximum absolute atomic E-state index is 6.24. The third-order valence-electron chi connectivity index (χ3n) is 2.78. The summed E-state index contributed by atoms with van der Waals surface area (Å²) < 4.78 is 10.5. The number of thiophene rings is 1. The van der Waals surface area contributed by atoms with Gasteiger partial charge >= 0.3 is 0 Å². The Morgan fingerprint density at radius 2 is 1.89 bits per heavy atom. The Balaban J connectivity index is 2.51. The Hall–Kier alpha value is -0.940. The van der Waals surface area contributed by atoms with Crippen LogP contribution in [-0.4, -0.2) is 14.2 Å². The molecule has 0 saturated carbocycles. The van der Waals surface area contributed by atoms with Crippen molar-refractivity contribution in [3.63, 3.8) is 0 Å². The molecule has 0 fully saturated rings. The fourth-order valence-corrected chi connectivity index (χ4v) is 3.35. The molecular formula is C13H13Cl2NO2S. The molecule has 1 aromatic heterocycles. The van der Waals surface area contributed by atoms with Crippen LogP contribution in [0, 0.1) is 0 Å². The van der Waals surface area contributed by atoms with Gasteiger partial charge in [-0.2, -0.15) is 0 Å². The molecule has 2 N–H and O–H groups in total. The van der Waals surface area contributed by atoms with Crippen molar-refractivity contribution in [1.82, 2.24) is 0 Å². The molecule has 0 radical (unpaired) electrons. The van der Waals surface area contributed by atoms with Crippen molar-refractivity contribution in [3.05, 3.63) is 44.1 Å². The Morgan fingerprint density at radius 1 is 1.16 bits per heavy atom. The Kier molecular flexibility index (Phi) is 4.58. The number of rotatable bonds is 4. The molecule has 0 aliphatic heterocycles. The molecule has 1 heterocycles. The van der Waals surface area contributed by atoms with Gasteiger partial charge in [-0.15, -0.1) is 11.3 Å². The van der Waals surface area contributed by atoms with E-state index in [1.165, 1.54) is 11.3 Å². The largest absolute Gasteiger partial charge is 0.495 e. The molecule has 0 bridgehead atoms. The number of nitrogens with two attached hydrogens (primary N) is 1. The SMILES string of the molecule is COc1ccc(C(N)c2sccc2Cl)c(OC)c1Cl. The lowest BCUT2D eigenvalue weighted by Crippen LogP contribution is -2.12. The van der Waals surface area contributed by atoms with Crippen LogP contribution in [0.2, 0.25) is 10.0 Å². The number of ether oxygens (including phenoxy) is 2. The van der Waals surface area contributed by atoms with Crippen LogP contribution >= 0.6 is 34.5 Å². The highest BCUT2D eigenvalue weighted by Gasteiger charge is 2.21. The van der Waals surface area contributed by atoms with Crippen LogP contribution in [0.25, 0.3) is 0 Å². The van der Waals surface area contributed by atoms with Gasteiger partial charge in [0.25, 0.3) is 0 Å². The summed E-state index contributed by atoms with van der Waals surface area (Å²) in [5, 5.41) is 2.95. The molecular weight excluding hydrogens is 305 g/mol. The van der Waals surface area contributed by atoms with Crippen molar-refractivity contribution in [3.8, 4) is 11.5 Å². The number of hydrogen-bond donors (Lipinski definition) is 1. The van der Waals surface area contributed by atoms with Gasteiger partial charge in [0.2, 0.25) is 0 Å². The predicted molar refractivity (Wildman–Crippen MR) is 79.9 cm³/mol. The molecule has 0 aliphatic carbocycles. The number of methoxy groups -OCH3 is 2. The molecule has 6 heteroatoms. The normalized spacial score (nSPS) is 12.3. The third-order valence-corrected chi connectivity index (χ3v) is 4.58. The van der Waals surface area contributed by atoms with Gasteiger partial charge in [0.1, 0.15) is 16.5 Å². The first-order chi connectivity index (χ1) is 9.10. The van der Waals surface area contributed by atoms with E-state index < -0.39 is 0 Å². The quantitative estimate of drug-likeness (QED) is 0.922.